The number of hydrogen-bond acceptors (Lipinski definition) is 2. The summed E-state index contributed by atoms with van der Waals surface area (Å²) in [5.41, 5.74) is 5.05. The van der Waals surface area contributed by atoms with Gasteiger partial charge in [0.2, 0.25) is 5.91 Å². The Labute approximate surface area is 80.1 Å². The van der Waals surface area contributed by atoms with Crippen LogP contribution in [0.3, 0.4) is 0 Å². The first-order valence-corrected chi connectivity index (χ1v) is 5.18. The molecule has 1 aliphatic carbocycles. The number of carbonyl (C=O) groups excluding carboxylic acids is 1. The number of rotatable bonds is 3. The molecule has 1 saturated carbocycles. The highest BCUT2D eigenvalue weighted by Gasteiger charge is 2.42. The van der Waals surface area contributed by atoms with Gasteiger partial charge < -0.3 is 11.1 Å². The number of likely N-dealkylation sites (N-methyl/N-ethyl adjacent to an activating group) is 1. The Hall–Kier alpha value is -0.570. The Kier molecular flexibility index (Phi) is 3.31. The molecule has 0 aliphatic heterocycles. The number of hydrogen-bond donors (Lipinski definition) is 2. The fraction of sp³-hybridized carbons (Fsp3) is 0.900. The maximum atomic E-state index is 11.4. The van der Waals surface area contributed by atoms with Crippen molar-refractivity contribution in [2.75, 3.05) is 6.54 Å². The Balaban J connectivity index is 2.79. The zero-order valence-electron chi connectivity index (χ0n) is 8.60. The van der Waals surface area contributed by atoms with Gasteiger partial charge in [-0.3, -0.25) is 4.79 Å². The van der Waals surface area contributed by atoms with Gasteiger partial charge in [0.25, 0.3) is 0 Å². The van der Waals surface area contributed by atoms with E-state index in [1.54, 1.807) is 0 Å². The molecule has 3 heteroatoms. The van der Waals surface area contributed by atoms with Crippen molar-refractivity contribution in [1.29, 1.82) is 0 Å². The lowest BCUT2D eigenvalue weighted by atomic mass is 9.73. The van der Waals surface area contributed by atoms with Gasteiger partial charge in [0.15, 0.2) is 0 Å². The van der Waals surface area contributed by atoms with Crippen molar-refractivity contribution in [1.82, 2.24) is 5.32 Å². The molecule has 0 bridgehead atoms. The highest BCUT2D eigenvalue weighted by atomic mass is 16.1. The zero-order valence-corrected chi connectivity index (χ0v) is 8.60. The number of primary amides is 1. The first kappa shape index (κ1) is 10.5. The van der Waals surface area contributed by atoms with E-state index in [-0.39, 0.29) is 5.91 Å². The van der Waals surface area contributed by atoms with Crippen molar-refractivity contribution < 1.29 is 4.79 Å². The summed E-state index contributed by atoms with van der Waals surface area (Å²) in [6, 6.07) is 0. The van der Waals surface area contributed by atoms with E-state index >= 15 is 0 Å². The van der Waals surface area contributed by atoms with E-state index < -0.39 is 5.54 Å². The second-order valence-corrected chi connectivity index (χ2v) is 4.01. The summed E-state index contributed by atoms with van der Waals surface area (Å²) < 4.78 is 0. The third-order valence-corrected chi connectivity index (χ3v) is 3.23. The molecule has 0 spiro atoms. The second-order valence-electron chi connectivity index (χ2n) is 4.01. The summed E-state index contributed by atoms with van der Waals surface area (Å²) in [4.78, 5) is 11.4. The number of nitrogens with one attached hydrogen (secondary N) is 1. The number of amides is 1. The normalized spacial score (nSPS) is 34.5. The molecule has 0 aromatic rings. The first-order valence-electron chi connectivity index (χ1n) is 5.18. The smallest absolute Gasteiger partial charge is 0.238 e. The molecular weight excluding hydrogens is 164 g/mol. The predicted octanol–water partition coefficient (Wildman–Crippen LogP) is 1.03. The van der Waals surface area contributed by atoms with Crippen molar-refractivity contribution >= 4 is 5.91 Å². The third kappa shape index (κ3) is 1.85. The molecule has 0 radical (unpaired) electrons. The molecule has 0 saturated heterocycles. The maximum Gasteiger partial charge on any atom is 0.238 e. The minimum atomic E-state index is -0.424. The summed E-state index contributed by atoms with van der Waals surface area (Å²) in [6.45, 7) is 4.95. The van der Waals surface area contributed by atoms with Crippen LogP contribution in [0.15, 0.2) is 0 Å². The standard InChI is InChI=1S/C10H20N2O/c1-3-12-10(9(11)13)7-5-4-6-8(10)2/h8,12H,3-7H2,1-2H3,(H2,11,13). The highest BCUT2D eigenvalue weighted by molar-refractivity contribution is 5.85. The van der Waals surface area contributed by atoms with Crippen LogP contribution < -0.4 is 11.1 Å². The molecule has 0 aromatic heterocycles. The largest absolute Gasteiger partial charge is 0.368 e. The van der Waals surface area contributed by atoms with Crippen molar-refractivity contribution in [2.45, 2.75) is 45.1 Å². The molecule has 1 aliphatic rings. The molecule has 13 heavy (non-hydrogen) atoms. The molecule has 1 fully saturated rings. The van der Waals surface area contributed by atoms with Gasteiger partial charge in [-0.25, -0.2) is 0 Å². The highest BCUT2D eigenvalue weighted by Crippen LogP contribution is 2.33. The van der Waals surface area contributed by atoms with Crippen LogP contribution in [0.4, 0.5) is 0 Å². The van der Waals surface area contributed by atoms with Crippen molar-refractivity contribution in [3.05, 3.63) is 0 Å². The summed E-state index contributed by atoms with van der Waals surface area (Å²) in [5.74, 6) is 0.195. The Bertz CT molecular complexity index is 189. The maximum absolute atomic E-state index is 11.4. The molecule has 1 amide bonds. The van der Waals surface area contributed by atoms with Gasteiger partial charge in [-0.1, -0.05) is 26.7 Å². The molecule has 76 valence electrons. The van der Waals surface area contributed by atoms with Crippen LogP contribution >= 0.6 is 0 Å². The number of nitrogens with two attached hydrogens (primary N) is 1. The van der Waals surface area contributed by atoms with Gasteiger partial charge in [-0.15, -0.1) is 0 Å². The monoisotopic (exact) mass is 184 g/mol. The van der Waals surface area contributed by atoms with Gasteiger partial charge in [-0.2, -0.15) is 0 Å². The van der Waals surface area contributed by atoms with Crippen LogP contribution in [0.2, 0.25) is 0 Å². The zero-order chi connectivity index (χ0) is 9.90. The molecule has 1 rings (SSSR count). The SMILES string of the molecule is CCNC1(C(N)=O)CCCCC1C. The van der Waals surface area contributed by atoms with Gasteiger partial charge in [-0.05, 0) is 25.3 Å². The van der Waals surface area contributed by atoms with Gasteiger partial charge in [0.1, 0.15) is 5.54 Å². The predicted molar refractivity (Wildman–Crippen MR) is 53.2 cm³/mol. The lowest BCUT2D eigenvalue weighted by Crippen LogP contribution is -2.60. The molecule has 2 unspecified atom stereocenters. The lowest BCUT2D eigenvalue weighted by Gasteiger charge is -2.40. The molecule has 3 nitrogen and oxygen atoms in total. The molecule has 2 atom stereocenters. The van der Waals surface area contributed by atoms with E-state index in [1.807, 2.05) is 6.92 Å². The van der Waals surface area contributed by atoms with Crippen LogP contribution in [-0.2, 0) is 4.79 Å². The summed E-state index contributed by atoms with van der Waals surface area (Å²) in [7, 11) is 0. The third-order valence-electron chi connectivity index (χ3n) is 3.23. The topological polar surface area (TPSA) is 55.1 Å². The molecule has 0 aromatic carbocycles. The average Bonchev–Trinajstić information content (AvgIpc) is 2.09. The molecule has 0 heterocycles. The Morgan fingerprint density at radius 2 is 2.31 bits per heavy atom. The van der Waals surface area contributed by atoms with Crippen LogP contribution in [0.25, 0.3) is 0 Å². The fourth-order valence-corrected chi connectivity index (χ4v) is 2.38. The van der Waals surface area contributed by atoms with Crippen LogP contribution in [0.5, 0.6) is 0 Å². The fourth-order valence-electron chi connectivity index (χ4n) is 2.38. The van der Waals surface area contributed by atoms with E-state index in [0.29, 0.717) is 5.92 Å². The van der Waals surface area contributed by atoms with E-state index in [1.165, 1.54) is 6.42 Å². The van der Waals surface area contributed by atoms with Crippen molar-refractivity contribution in [3.8, 4) is 0 Å². The van der Waals surface area contributed by atoms with Crippen molar-refractivity contribution in [3.63, 3.8) is 0 Å². The summed E-state index contributed by atoms with van der Waals surface area (Å²) >= 11 is 0. The van der Waals surface area contributed by atoms with Gasteiger partial charge in [0, 0.05) is 0 Å². The van der Waals surface area contributed by atoms with E-state index in [4.69, 9.17) is 5.73 Å². The summed E-state index contributed by atoms with van der Waals surface area (Å²) in [5, 5.41) is 3.27. The Morgan fingerprint density at radius 3 is 2.77 bits per heavy atom. The van der Waals surface area contributed by atoms with E-state index in [0.717, 1.165) is 25.8 Å². The molecular formula is C10H20N2O. The number of carbonyl (C=O) groups is 1. The summed E-state index contributed by atoms with van der Waals surface area (Å²) in [6.07, 6.45) is 4.34. The van der Waals surface area contributed by atoms with E-state index in [2.05, 4.69) is 12.2 Å². The second kappa shape index (κ2) is 4.09. The van der Waals surface area contributed by atoms with Crippen LogP contribution in [0, 0.1) is 5.92 Å². The van der Waals surface area contributed by atoms with E-state index in [9.17, 15) is 4.79 Å². The van der Waals surface area contributed by atoms with Crippen molar-refractivity contribution in [2.24, 2.45) is 11.7 Å². The van der Waals surface area contributed by atoms with Gasteiger partial charge >= 0.3 is 0 Å². The van der Waals surface area contributed by atoms with Crippen LogP contribution in [-0.4, -0.2) is 18.0 Å². The lowest BCUT2D eigenvalue weighted by molar-refractivity contribution is -0.127. The quantitative estimate of drug-likeness (QED) is 0.688. The Morgan fingerprint density at radius 1 is 1.62 bits per heavy atom. The van der Waals surface area contributed by atoms with Crippen LogP contribution in [0.1, 0.15) is 39.5 Å². The molecule has 3 N–H and O–H groups in total. The minimum absolute atomic E-state index is 0.179. The van der Waals surface area contributed by atoms with Gasteiger partial charge in [0.05, 0.1) is 0 Å². The average molecular weight is 184 g/mol. The minimum Gasteiger partial charge on any atom is -0.368 e. The first-order chi connectivity index (χ1) is 6.13.